The van der Waals surface area contributed by atoms with Gasteiger partial charge in [0.05, 0.1) is 18.3 Å². The summed E-state index contributed by atoms with van der Waals surface area (Å²) in [5.41, 5.74) is 0. The molecule has 8 heteroatoms. The predicted octanol–water partition coefficient (Wildman–Crippen LogP) is 1.32. The standard InChI is InChI=1S/C15H18F2O6/c1-15(16,17)6-22-10(18)2-3-21-13(19)11-7-4-8-9(5-7)23-14(20)12(8)11/h7-9,11-12H,2-6H2,1H3. The van der Waals surface area contributed by atoms with Crippen molar-refractivity contribution < 1.29 is 37.4 Å². The molecule has 1 heterocycles. The number of carbonyl (C=O) groups excluding carboxylic acids is 3. The first-order chi connectivity index (χ1) is 10.8. The molecule has 0 amide bonds. The molecular weight excluding hydrogens is 314 g/mol. The van der Waals surface area contributed by atoms with E-state index in [-0.39, 0.29) is 36.9 Å². The highest BCUT2D eigenvalue weighted by Crippen LogP contribution is 2.57. The molecule has 2 bridgehead atoms. The minimum atomic E-state index is -3.09. The summed E-state index contributed by atoms with van der Waals surface area (Å²) < 4.78 is 39.7. The van der Waals surface area contributed by atoms with Gasteiger partial charge in [0.15, 0.2) is 6.61 Å². The van der Waals surface area contributed by atoms with Crippen molar-refractivity contribution in [2.75, 3.05) is 13.2 Å². The second-order valence-corrected chi connectivity index (χ2v) is 6.57. The van der Waals surface area contributed by atoms with Crippen molar-refractivity contribution in [3.8, 4) is 0 Å². The molecule has 23 heavy (non-hydrogen) atoms. The lowest BCUT2D eigenvalue weighted by molar-refractivity contribution is -0.160. The summed E-state index contributed by atoms with van der Waals surface area (Å²) in [5, 5.41) is 0. The lowest BCUT2D eigenvalue weighted by atomic mass is 9.80. The SMILES string of the molecule is CC(F)(F)COC(=O)CCOC(=O)C1C2CC3OC(=O)C1C3C2. The molecule has 0 aromatic carbocycles. The van der Waals surface area contributed by atoms with E-state index in [2.05, 4.69) is 4.74 Å². The summed E-state index contributed by atoms with van der Waals surface area (Å²) in [4.78, 5) is 35.2. The molecule has 0 spiro atoms. The topological polar surface area (TPSA) is 78.9 Å². The lowest BCUT2D eigenvalue weighted by Crippen LogP contribution is -2.33. The van der Waals surface area contributed by atoms with Crippen LogP contribution in [0.1, 0.15) is 26.2 Å². The Morgan fingerprint density at radius 3 is 2.74 bits per heavy atom. The van der Waals surface area contributed by atoms with E-state index in [1.165, 1.54) is 0 Å². The molecule has 1 aliphatic heterocycles. The molecule has 128 valence electrons. The first kappa shape index (κ1) is 16.1. The van der Waals surface area contributed by atoms with Crippen LogP contribution in [0.3, 0.4) is 0 Å². The molecule has 0 N–H and O–H groups in total. The van der Waals surface area contributed by atoms with Gasteiger partial charge in [-0.3, -0.25) is 14.4 Å². The smallest absolute Gasteiger partial charge is 0.310 e. The number of alkyl halides is 2. The Morgan fingerprint density at radius 2 is 2.04 bits per heavy atom. The first-order valence-corrected chi connectivity index (χ1v) is 7.67. The quantitative estimate of drug-likeness (QED) is 0.539. The molecule has 6 nitrogen and oxygen atoms in total. The second-order valence-electron chi connectivity index (χ2n) is 6.57. The van der Waals surface area contributed by atoms with Crippen LogP contribution in [0.4, 0.5) is 8.78 Å². The van der Waals surface area contributed by atoms with Gasteiger partial charge in [0.2, 0.25) is 0 Å². The van der Waals surface area contributed by atoms with Crippen LogP contribution >= 0.6 is 0 Å². The van der Waals surface area contributed by atoms with E-state index in [9.17, 15) is 23.2 Å². The van der Waals surface area contributed by atoms with Gasteiger partial charge in [-0.25, -0.2) is 8.78 Å². The van der Waals surface area contributed by atoms with E-state index < -0.39 is 36.3 Å². The Hall–Kier alpha value is -1.73. The van der Waals surface area contributed by atoms with Crippen LogP contribution in [0.15, 0.2) is 0 Å². The molecule has 3 rings (SSSR count). The summed E-state index contributed by atoms with van der Waals surface area (Å²) in [7, 11) is 0. The van der Waals surface area contributed by atoms with E-state index in [4.69, 9.17) is 9.47 Å². The van der Waals surface area contributed by atoms with Gasteiger partial charge in [-0.05, 0) is 18.8 Å². The molecule has 5 unspecified atom stereocenters. The number of halogens is 2. The van der Waals surface area contributed by atoms with Crippen molar-refractivity contribution >= 4 is 17.9 Å². The number of carbonyl (C=O) groups is 3. The van der Waals surface area contributed by atoms with Crippen molar-refractivity contribution in [1.82, 2.24) is 0 Å². The number of fused-ring (bicyclic) bond motifs is 1. The Kier molecular flexibility index (Phi) is 4.01. The number of ether oxygens (including phenoxy) is 3. The van der Waals surface area contributed by atoms with E-state index in [0.717, 1.165) is 6.42 Å². The largest absolute Gasteiger partial charge is 0.465 e. The number of hydrogen-bond donors (Lipinski definition) is 0. The molecule has 2 aliphatic carbocycles. The molecule has 0 aromatic rings. The number of rotatable bonds is 6. The van der Waals surface area contributed by atoms with Gasteiger partial charge in [-0.1, -0.05) is 0 Å². The van der Waals surface area contributed by atoms with Crippen LogP contribution in [0.5, 0.6) is 0 Å². The van der Waals surface area contributed by atoms with Crippen LogP contribution < -0.4 is 0 Å². The van der Waals surface area contributed by atoms with Crippen LogP contribution in [0.25, 0.3) is 0 Å². The zero-order chi connectivity index (χ0) is 16.8. The van der Waals surface area contributed by atoms with Crippen LogP contribution in [-0.2, 0) is 28.6 Å². The fourth-order valence-electron chi connectivity index (χ4n) is 3.94. The maximum absolute atomic E-state index is 12.5. The predicted molar refractivity (Wildman–Crippen MR) is 70.2 cm³/mol. The van der Waals surface area contributed by atoms with Crippen molar-refractivity contribution in [2.45, 2.75) is 38.2 Å². The zero-order valence-corrected chi connectivity index (χ0v) is 12.6. The zero-order valence-electron chi connectivity index (χ0n) is 12.6. The summed E-state index contributed by atoms with van der Waals surface area (Å²) >= 11 is 0. The normalized spacial score (nSPS) is 34.4. The number of esters is 3. The van der Waals surface area contributed by atoms with Crippen LogP contribution in [-0.4, -0.2) is 43.1 Å². The van der Waals surface area contributed by atoms with Crippen molar-refractivity contribution in [2.24, 2.45) is 23.7 Å². The van der Waals surface area contributed by atoms with Gasteiger partial charge in [0, 0.05) is 12.8 Å². The highest BCUT2D eigenvalue weighted by Gasteiger charge is 2.64. The molecule has 3 aliphatic rings. The van der Waals surface area contributed by atoms with Gasteiger partial charge in [-0.15, -0.1) is 0 Å². The van der Waals surface area contributed by atoms with Gasteiger partial charge >= 0.3 is 17.9 Å². The summed E-state index contributed by atoms with van der Waals surface area (Å²) in [6.07, 6.45) is 1.11. The monoisotopic (exact) mass is 332 g/mol. The van der Waals surface area contributed by atoms with E-state index >= 15 is 0 Å². The summed E-state index contributed by atoms with van der Waals surface area (Å²) in [6, 6.07) is 0. The molecule has 0 aromatic heterocycles. The minimum absolute atomic E-state index is 0.0627. The molecule has 1 saturated heterocycles. The molecule has 0 radical (unpaired) electrons. The maximum atomic E-state index is 12.5. The Bertz CT molecular complexity index is 527. The second kappa shape index (κ2) is 5.72. The summed E-state index contributed by atoms with van der Waals surface area (Å²) in [6.45, 7) is -0.600. The van der Waals surface area contributed by atoms with Crippen LogP contribution in [0.2, 0.25) is 0 Å². The molecule has 5 atom stereocenters. The highest BCUT2D eigenvalue weighted by atomic mass is 19.3. The summed E-state index contributed by atoms with van der Waals surface area (Å²) in [5.74, 6) is -5.57. The van der Waals surface area contributed by atoms with Gasteiger partial charge < -0.3 is 14.2 Å². The third-order valence-corrected chi connectivity index (χ3v) is 4.79. The lowest BCUT2D eigenvalue weighted by Gasteiger charge is -2.22. The van der Waals surface area contributed by atoms with Crippen LogP contribution in [0, 0.1) is 23.7 Å². The molecule has 3 fully saturated rings. The Labute approximate surface area is 131 Å². The van der Waals surface area contributed by atoms with E-state index in [0.29, 0.717) is 13.3 Å². The Morgan fingerprint density at radius 1 is 1.30 bits per heavy atom. The van der Waals surface area contributed by atoms with Crippen molar-refractivity contribution in [3.63, 3.8) is 0 Å². The van der Waals surface area contributed by atoms with Gasteiger partial charge in [0.1, 0.15) is 12.7 Å². The van der Waals surface area contributed by atoms with Gasteiger partial charge in [0.25, 0.3) is 5.92 Å². The maximum Gasteiger partial charge on any atom is 0.310 e. The molecule has 2 saturated carbocycles. The van der Waals surface area contributed by atoms with E-state index in [1.54, 1.807) is 0 Å². The fraction of sp³-hybridized carbons (Fsp3) is 0.800. The van der Waals surface area contributed by atoms with Gasteiger partial charge in [-0.2, -0.15) is 0 Å². The third kappa shape index (κ3) is 3.16. The average Bonchev–Trinajstić information content (AvgIpc) is 3.05. The first-order valence-electron chi connectivity index (χ1n) is 7.67. The third-order valence-electron chi connectivity index (χ3n) is 4.79. The Balaban J connectivity index is 1.44. The highest BCUT2D eigenvalue weighted by molar-refractivity contribution is 5.85. The number of hydrogen-bond acceptors (Lipinski definition) is 6. The average molecular weight is 332 g/mol. The minimum Gasteiger partial charge on any atom is -0.465 e. The fourth-order valence-corrected chi connectivity index (χ4v) is 3.94. The van der Waals surface area contributed by atoms with Crippen molar-refractivity contribution in [3.05, 3.63) is 0 Å². The molecular formula is C15H18F2O6. The van der Waals surface area contributed by atoms with Crippen molar-refractivity contribution in [1.29, 1.82) is 0 Å². The van der Waals surface area contributed by atoms with E-state index in [1.807, 2.05) is 0 Å².